The van der Waals surface area contributed by atoms with Gasteiger partial charge < -0.3 is 4.90 Å². The number of hydrogen-bond acceptors (Lipinski definition) is 1. The second-order valence-corrected chi connectivity index (χ2v) is 22.5. The molecule has 1 fully saturated rings. The molecule has 0 saturated heterocycles. The van der Waals surface area contributed by atoms with Crippen LogP contribution in [0.5, 0.6) is 0 Å². The maximum atomic E-state index is 2.53. The van der Waals surface area contributed by atoms with Crippen LogP contribution in [0, 0.1) is 0 Å². The standard InChI is InChI=1S/C52H55NSi/c1-51(2)32-33-52(3,4)49-43(23-15-26-47(49)51)37-28-30-40(31-29-37)53(41-20-12-18-38(34-41)36-16-8-7-9-17-36)42-21-13-19-39(35-42)44-24-14-25-46-45-22-10-11-27-48(45)54(5,6)50(44)46/h10-15,18-31,34-36H,7-9,16-17,32-33H2,1-6H3. The van der Waals surface area contributed by atoms with Crippen molar-refractivity contribution in [2.75, 3.05) is 4.90 Å². The summed E-state index contributed by atoms with van der Waals surface area (Å²) >= 11 is 0. The summed E-state index contributed by atoms with van der Waals surface area (Å²) in [7, 11) is -1.89. The van der Waals surface area contributed by atoms with Gasteiger partial charge in [-0.2, -0.15) is 0 Å². The van der Waals surface area contributed by atoms with Crippen molar-refractivity contribution in [3.8, 4) is 33.4 Å². The van der Waals surface area contributed by atoms with Gasteiger partial charge in [-0.15, -0.1) is 0 Å². The Kier molecular flexibility index (Phi) is 8.62. The van der Waals surface area contributed by atoms with E-state index < -0.39 is 8.07 Å². The monoisotopic (exact) mass is 721 g/mol. The molecule has 0 spiro atoms. The second kappa shape index (κ2) is 13.3. The lowest BCUT2D eigenvalue weighted by Crippen LogP contribution is -2.50. The van der Waals surface area contributed by atoms with E-state index in [1.165, 1.54) is 112 Å². The molecular weight excluding hydrogens is 667 g/mol. The summed E-state index contributed by atoms with van der Waals surface area (Å²) in [6, 6.07) is 51.4. The number of rotatable bonds is 6. The van der Waals surface area contributed by atoms with Gasteiger partial charge in [0.25, 0.3) is 0 Å². The van der Waals surface area contributed by atoms with E-state index in [4.69, 9.17) is 0 Å². The molecule has 0 amide bonds. The summed E-state index contributed by atoms with van der Waals surface area (Å²) in [5.41, 5.74) is 16.7. The van der Waals surface area contributed by atoms with E-state index in [9.17, 15) is 0 Å². The number of benzene rings is 6. The van der Waals surface area contributed by atoms with Crippen LogP contribution in [0.1, 0.15) is 95.2 Å². The lowest BCUT2D eigenvalue weighted by Gasteiger charge is -2.43. The van der Waals surface area contributed by atoms with Crippen molar-refractivity contribution in [2.24, 2.45) is 0 Å². The minimum absolute atomic E-state index is 0.141. The lowest BCUT2D eigenvalue weighted by molar-refractivity contribution is 0.333. The molecule has 0 radical (unpaired) electrons. The maximum Gasteiger partial charge on any atom is 0.114 e. The van der Waals surface area contributed by atoms with Crippen LogP contribution in [0.15, 0.2) is 133 Å². The third-order valence-electron chi connectivity index (χ3n) is 13.5. The minimum atomic E-state index is -1.89. The van der Waals surface area contributed by atoms with Crippen molar-refractivity contribution in [3.05, 3.63) is 150 Å². The molecule has 6 aromatic carbocycles. The SMILES string of the molecule is CC1(C)CCC(C)(C)c2c(-c3ccc(N(c4cccc(-c5cccc6c5[Si](C)(C)c5ccccc5-6)c4)c4cccc(C5CCCCC5)c4)cc3)cccc21. The van der Waals surface area contributed by atoms with Crippen molar-refractivity contribution < 1.29 is 0 Å². The predicted molar refractivity (Wildman–Crippen MR) is 235 cm³/mol. The summed E-state index contributed by atoms with van der Waals surface area (Å²) in [6.07, 6.45) is 9.07. The highest BCUT2D eigenvalue weighted by atomic mass is 28.3. The van der Waals surface area contributed by atoms with E-state index in [-0.39, 0.29) is 10.8 Å². The van der Waals surface area contributed by atoms with Crippen molar-refractivity contribution in [1.29, 1.82) is 0 Å². The Labute approximate surface area is 325 Å². The molecule has 1 heterocycles. The van der Waals surface area contributed by atoms with Gasteiger partial charge in [0.2, 0.25) is 0 Å². The fraction of sp³-hybridized carbons (Fsp3) is 0.308. The largest absolute Gasteiger partial charge is 0.310 e. The number of anilines is 3. The Balaban J connectivity index is 1.17. The molecule has 0 atom stereocenters. The number of nitrogens with zero attached hydrogens (tertiary/aromatic N) is 1. The molecular formula is C52H55NSi. The van der Waals surface area contributed by atoms with Gasteiger partial charge in [-0.1, -0.05) is 157 Å². The predicted octanol–water partition coefficient (Wildman–Crippen LogP) is 13.7. The van der Waals surface area contributed by atoms with Crippen LogP contribution in [0.3, 0.4) is 0 Å². The normalized spacial score (nSPS) is 18.0. The minimum Gasteiger partial charge on any atom is -0.310 e. The summed E-state index contributed by atoms with van der Waals surface area (Å²) in [6.45, 7) is 14.8. The van der Waals surface area contributed by atoms with E-state index in [0.717, 1.165) is 0 Å². The molecule has 1 aliphatic heterocycles. The van der Waals surface area contributed by atoms with Crippen LogP contribution < -0.4 is 15.3 Å². The Morgan fingerprint density at radius 3 is 1.94 bits per heavy atom. The molecule has 0 unspecified atom stereocenters. The van der Waals surface area contributed by atoms with Gasteiger partial charge >= 0.3 is 0 Å². The van der Waals surface area contributed by atoms with E-state index in [2.05, 4.69) is 179 Å². The smallest absolute Gasteiger partial charge is 0.114 e. The highest BCUT2D eigenvalue weighted by Gasteiger charge is 2.40. The van der Waals surface area contributed by atoms with Crippen molar-refractivity contribution in [3.63, 3.8) is 0 Å². The first kappa shape index (κ1) is 35.1. The number of fused-ring (bicyclic) bond motifs is 4. The summed E-state index contributed by atoms with van der Waals surface area (Å²) in [5.74, 6) is 0.645. The molecule has 6 aromatic rings. The highest BCUT2D eigenvalue weighted by molar-refractivity contribution is 7.04. The summed E-state index contributed by atoms with van der Waals surface area (Å²) in [4.78, 5) is 2.51. The van der Waals surface area contributed by atoms with E-state index in [0.29, 0.717) is 5.92 Å². The van der Waals surface area contributed by atoms with Crippen LogP contribution in [0.2, 0.25) is 13.1 Å². The molecule has 2 heteroatoms. The quantitative estimate of drug-likeness (QED) is 0.155. The van der Waals surface area contributed by atoms with Crippen molar-refractivity contribution in [1.82, 2.24) is 0 Å². The third kappa shape index (κ3) is 5.89. The average molecular weight is 722 g/mol. The molecule has 2 aliphatic carbocycles. The molecule has 0 aromatic heterocycles. The van der Waals surface area contributed by atoms with Crippen LogP contribution in [-0.4, -0.2) is 8.07 Å². The van der Waals surface area contributed by atoms with Gasteiger partial charge in [-0.05, 0) is 139 Å². The molecule has 1 saturated carbocycles. The second-order valence-electron chi connectivity index (χ2n) is 18.3. The zero-order chi connectivity index (χ0) is 37.2. The maximum absolute atomic E-state index is 2.53. The molecule has 1 nitrogen and oxygen atoms in total. The number of hydrogen-bond donors (Lipinski definition) is 0. The average Bonchev–Trinajstić information content (AvgIpc) is 3.44. The summed E-state index contributed by atoms with van der Waals surface area (Å²) < 4.78 is 0. The first-order chi connectivity index (χ1) is 26.0. The Morgan fingerprint density at radius 1 is 0.519 bits per heavy atom. The molecule has 9 rings (SSSR count). The van der Waals surface area contributed by atoms with Gasteiger partial charge in [-0.3, -0.25) is 0 Å². The molecule has 3 aliphatic rings. The van der Waals surface area contributed by atoms with Crippen molar-refractivity contribution >= 4 is 35.5 Å². The zero-order valence-corrected chi connectivity index (χ0v) is 34.2. The lowest BCUT2D eigenvalue weighted by atomic mass is 9.61. The molecule has 54 heavy (non-hydrogen) atoms. The van der Waals surface area contributed by atoms with Crippen LogP contribution in [0.4, 0.5) is 17.1 Å². The summed E-state index contributed by atoms with van der Waals surface area (Å²) in [5, 5.41) is 3.12. The first-order valence-corrected chi connectivity index (χ1v) is 23.5. The van der Waals surface area contributed by atoms with Crippen LogP contribution in [0.25, 0.3) is 33.4 Å². The van der Waals surface area contributed by atoms with Crippen LogP contribution in [-0.2, 0) is 10.8 Å². The first-order valence-electron chi connectivity index (χ1n) is 20.5. The highest BCUT2D eigenvalue weighted by Crippen LogP contribution is 2.50. The van der Waals surface area contributed by atoms with E-state index in [1.54, 1.807) is 10.4 Å². The Morgan fingerprint density at radius 2 is 1.15 bits per heavy atom. The fourth-order valence-electron chi connectivity index (χ4n) is 10.5. The third-order valence-corrected chi connectivity index (χ3v) is 17.1. The van der Waals surface area contributed by atoms with Gasteiger partial charge in [0.15, 0.2) is 0 Å². The Bertz CT molecular complexity index is 2350. The Hall–Kier alpha value is -4.66. The van der Waals surface area contributed by atoms with Gasteiger partial charge in [-0.25, -0.2) is 0 Å². The van der Waals surface area contributed by atoms with Gasteiger partial charge in [0.05, 0.1) is 0 Å². The van der Waals surface area contributed by atoms with Crippen LogP contribution >= 0.6 is 0 Å². The molecule has 272 valence electrons. The van der Waals surface area contributed by atoms with Gasteiger partial charge in [0.1, 0.15) is 8.07 Å². The molecule has 0 N–H and O–H groups in total. The van der Waals surface area contributed by atoms with E-state index >= 15 is 0 Å². The van der Waals surface area contributed by atoms with Crippen molar-refractivity contribution in [2.45, 2.75) is 102 Å². The topological polar surface area (TPSA) is 3.24 Å². The molecule has 0 bridgehead atoms. The van der Waals surface area contributed by atoms with E-state index in [1.807, 2.05) is 0 Å². The van der Waals surface area contributed by atoms with Gasteiger partial charge in [0, 0.05) is 17.1 Å². The zero-order valence-electron chi connectivity index (χ0n) is 33.2. The fourth-order valence-corrected chi connectivity index (χ4v) is 13.9.